The summed E-state index contributed by atoms with van der Waals surface area (Å²) < 4.78 is 10.7. The number of amides is 1. The first kappa shape index (κ1) is 18.8. The van der Waals surface area contributed by atoms with E-state index < -0.39 is 5.97 Å². The lowest BCUT2D eigenvalue weighted by Gasteiger charge is -2.22. The van der Waals surface area contributed by atoms with E-state index >= 15 is 0 Å². The van der Waals surface area contributed by atoms with Crippen LogP contribution in [0.2, 0.25) is 0 Å². The van der Waals surface area contributed by atoms with Crippen molar-refractivity contribution in [3.8, 4) is 0 Å². The number of ether oxygens (including phenoxy) is 1. The van der Waals surface area contributed by atoms with Gasteiger partial charge in [-0.25, -0.2) is 4.79 Å². The van der Waals surface area contributed by atoms with Crippen molar-refractivity contribution < 1.29 is 18.7 Å². The normalized spacial score (nSPS) is 15.1. The number of carbonyl (C=O) groups is 2. The molecular formula is C23H22N2O4. The summed E-state index contributed by atoms with van der Waals surface area (Å²) in [7, 11) is 0. The van der Waals surface area contributed by atoms with Gasteiger partial charge in [0.15, 0.2) is 6.61 Å². The summed E-state index contributed by atoms with van der Waals surface area (Å²) in [6, 6.07) is 18.6. The van der Waals surface area contributed by atoms with E-state index in [2.05, 4.69) is 5.32 Å². The molecule has 2 aromatic carbocycles. The second-order valence-corrected chi connectivity index (χ2v) is 7.00. The number of esters is 1. The fourth-order valence-corrected chi connectivity index (χ4v) is 3.63. The smallest absolute Gasteiger partial charge is 0.340 e. The number of carbonyl (C=O) groups excluding carboxylic acids is 2. The number of hydrogen-bond donors (Lipinski definition) is 1. The van der Waals surface area contributed by atoms with Gasteiger partial charge in [0.05, 0.1) is 18.4 Å². The topological polar surface area (TPSA) is 71.8 Å². The summed E-state index contributed by atoms with van der Waals surface area (Å²) in [5.41, 5.74) is 3.02. The van der Waals surface area contributed by atoms with E-state index in [0.717, 1.165) is 23.4 Å². The van der Waals surface area contributed by atoms with Crippen molar-refractivity contribution in [2.75, 3.05) is 16.8 Å². The summed E-state index contributed by atoms with van der Waals surface area (Å²) >= 11 is 0. The van der Waals surface area contributed by atoms with E-state index in [9.17, 15) is 9.59 Å². The molecule has 6 nitrogen and oxygen atoms in total. The average molecular weight is 390 g/mol. The number of benzene rings is 2. The second kappa shape index (κ2) is 8.22. The number of furan rings is 1. The molecule has 1 aliphatic heterocycles. The highest BCUT2D eigenvalue weighted by Gasteiger charge is 2.31. The minimum atomic E-state index is -0.541. The molecule has 0 radical (unpaired) electrons. The molecule has 29 heavy (non-hydrogen) atoms. The highest BCUT2D eigenvalue weighted by atomic mass is 16.5. The van der Waals surface area contributed by atoms with E-state index in [-0.39, 0.29) is 18.6 Å². The first-order valence-electron chi connectivity index (χ1n) is 9.56. The Morgan fingerprint density at radius 3 is 2.72 bits per heavy atom. The largest absolute Gasteiger partial charge is 0.467 e. The molecule has 1 atom stereocenters. The molecule has 0 spiro atoms. The van der Waals surface area contributed by atoms with Gasteiger partial charge in [-0.05, 0) is 49.2 Å². The predicted molar refractivity (Wildman–Crippen MR) is 110 cm³/mol. The van der Waals surface area contributed by atoms with Gasteiger partial charge in [-0.2, -0.15) is 0 Å². The van der Waals surface area contributed by atoms with Gasteiger partial charge in [0.1, 0.15) is 5.76 Å². The molecular weight excluding hydrogens is 368 g/mol. The van der Waals surface area contributed by atoms with Crippen LogP contribution in [-0.2, 0) is 22.5 Å². The van der Waals surface area contributed by atoms with Gasteiger partial charge >= 0.3 is 5.97 Å². The number of anilines is 2. The van der Waals surface area contributed by atoms with Crippen LogP contribution in [0.4, 0.5) is 11.4 Å². The lowest BCUT2D eigenvalue weighted by Crippen LogP contribution is -2.38. The summed E-state index contributed by atoms with van der Waals surface area (Å²) in [6.07, 6.45) is 2.40. The molecule has 1 amide bonds. The van der Waals surface area contributed by atoms with Crippen molar-refractivity contribution in [2.24, 2.45) is 0 Å². The van der Waals surface area contributed by atoms with Crippen LogP contribution in [0.3, 0.4) is 0 Å². The molecule has 148 valence electrons. The molecule has 0 aliphatic carbocycles. The maximum absolute atomic E-state index is 12.7. The molecule has 1 N–H and O–H groups in total. The van der Waals surface area contributed by atoms with E-state index in [4.69, 9.17) is 9.15 Å². The molecule has 0 fully saturated rings. The Labute approximate surface area is 169 Å². The Hall–Kier alpha value is -3.54. The van der Waals surface area contributed by atoms with Crippen LogP contribution in [-0.4, -0.2) is 24.5 Å². The zero-order chi connectivity index (χ0) is 20.2. The van der Waals surface area contributed by atoms with Gasteiger partial charge in [0.2, 0.25) is 0 Å². The number of nitrogens with zero attached hydrogens (tertiary/aromatic N) is 1. The third-order valence-electron chi connectivity index (χ3n) is 4.98. The quantitative estimate of drug-likeness (QED) is 0.644. The van der Waals surface area contributed by atoms with Crippen molar-refractivity contribution in [3.05, 3.63) is 83.8 Å². The predicted octanol–water partition coefficient (Wildman–Crippen LogP) is 4.03. The minimum Gasteiger partial charge on any atom is -0.467 e. The lowest BCUT2D eigenvalue weighted by atomic mass is 10.1. The van der Waals surface area contributed by atoms with Gasteiger partial charge < -0.3 is 19.4 Å². The Morgan fingerprint density at radius 2 is 1.90 bits per heavy atom. The van der Waals surface area contributed by atoms with Crippen LogP contribution in [0.1, 0.15) is 28.6 Å². The monoisotopic (exact) mass is 390 g/mol. The standard InChI is InChI=1S/C23H22N2O4/c1-16-13-17-7-2-5-11-21(17)25(16)22(26)15-29-23(27)19-9-3-4-10-20(19)24-14-18-8-6-12-28-18/h2-12,16,24H,13-15H2,1H3. The van der Waals surface area contributed by atoms with Gasteiger partial charge in [0.25, 0.3) is 5.91 Å². The van der Waals surface area contributed by atoms with E-state index in [1.165, 1.54) is 0 Å². The Balaban J connectivity index is 1.41. The fourth-order valence-electron chi connectivity index (χ4n) is 3.63. The van der Waals surface area contributed by atoms with E-state index in [1.807, 2.05) is 43.3 Å². The third kappa shape index (κ3) is 4.01. The average Bonchev–Trinajstić information content (AvgIpc) is 3.37. The third-order valence-corrected chi connectivity index (χ3v) is 4.98. The molecule has 1 unspecified atom stereocenters. The molecule has 6 heteroatoms. The van der Waals surface area contributed by atoms with E-state index in [1.54, 1.807) is 35.4 Å². The molecule has 3 aromatic rings. The van der Waals surface area contributed by atoms with Crippen LogP contribution >= 0.6 is 0 Å². The van der Waals surface area contributed by atoms with Crippen LogP contribution in [0.5, 0.6) is 0 Å². The van der Waals surface area contributed by atoms with Gasteiger partial charge in [0, 0.05) is 17.4 Å². The highest BCUT2D eigenvalue weighted by molar-refractivity contribution is 6.00. The van der Waals surface area contributed by atoms with Gasteiger partial charge in [-0.15, -0.1) is 0 Å². The summed E-state index contributed by atoms with van der Waals surface area (Å²) in [6.45, 7) is 2.13. The molecule has 0 bridgehead atoms. The molecule has 0 saturated heterocycles. The fraction of sp³-hybridized carbons (Fsp3) is 0.217. The Bertz CT molecular complexity index is 1010. The number of para-hydroxylation sites is 2. The van der Waals surface area contributed by atoms with Crippen LogP contribution in [0, 0.1) is 0 Å². The lowest BCUT2D eigenvalue weighted by molar-refractivity contribution is -0.122. The zero-order valence-corrected chi connectivity index (χ0v) is 16.1. The van der Waals surface area contributed by atoms with Gasteiger partial charge in [-0.1, -0.05) is 30.3 Å². The van der Waals surface area contributed by atoms with Gasteiger partial charge in [-0.3, -0.25) is 4.79 Å². The molecule has 0 saturated carbocycles. The molecule has 2 heterocycles. The first-order chi connectivity index (χ1) is 14.1. The summed E-state index contributed by atoms with van der Waals surface area (Å²) in [4.78, 5) is 27.1. The first-order valence-corrected chi connectivity index (χ1v) is 9.56. The zero-order valence-electron chi connectivity index (χ0n) is 16.1. The number of fused-ring (bicyclic) bond motifs is 1. The number of hydrogen-bond acceptors (Lipinski definition) is 5. The van der Waals surface area contributed by atoms with Crippen LogP contribution < -0.4 is 10.2 Å². The van der Waals surface area contributed by atoms with Crippen molar-refractivity contribution in [2.45, 2.75) is 25.9 Å². The second-order valence-electron chi connectivity index (χ2n) is 7.00. The maximum atomic E-state index is 12.7. The van der Waals surface area contributed by atoms with Crippen molar-refractivity contribution in [1.82, 2.24) is 0 Å². The van der Waals surface area contributed by atoms with Crippen molar-refractivity contribution >= 4 is 23.3 Å². The minimum absolute atomic E-state index is 0.0425. The molecule has 1 aliphatic rings. The van der Waals surface area contributed by atoms with Crippen molar-refractivity contribution in [3.63, 3.8) is 0 Å². The van der Waals surface area contributed by atoms with Crippen LogP contribution in [0.15, 0.2) is 71.3 Å². The summed E-state index contributed by atoms with van der Waals surface area (Å²) in [5, 5.41) is 3.17. The Morgan fingerprint density at radius 1 is 1.10 bits per heavy atom. The van der Waals surface area contributed by atoms with Crippen molar-refractivity contribution in [1.29, 1.82) is 0 Å². The molecule has 4 rings (SSSR count). The maximum Gasteiger partial charge on any atom is 0.340 e. The van der Waals surface area contributed by atoms with E-state index in [0.29, 0.717) is 17.8 Å². The SMILES string of the molecule is CC1Cc2ccccc2N1C(=O)COC(=O)c1ccccc1NCc1ccco1. The highest BCUT2D eigenvalue weighted by Crippen LogP contribution is 2.31. The summed E-state index contributed by atoms with van der Waals surface area (Å²) in [5.74, 6) is -0.0112. The number of rotatable bonds is 6. The Kier molecular flexibility index (Phi) is 5.33. The number of nitrogens with one attached hydrogen (secondary N) is 1. The van der Waals surface area contributed by atoms with Crippen LogP contribution in [0.25, 0.3) is 0 Å². The molecule has 1 aromatic heterocycles.